The lowest BCUT2D eigenvalue weighted by molar-refractivity contribution is -0.138. The maximum Gasteiger partial charge on any atom is 0.238 e. The Morgan fingerprint density at radius 1 is 1.10 bits per heavy atom. The lowest BCUT2D eigenvalue weighted by Crippen LogP contribution is -2.57. The molecule has 2 aliphatic heterocycles. The first-order valence-electron chi connectivity index (χ1n) is 15.0. The Hall–Kier alpha value is -3.34. The summed E-state index contributed by atoms with van der Waals surface area (Å²) in [5.41, 5.74) is 10.3. The fourth-order valence-electron chi connectivity index (χ4n) is 6.69. The van der Waals surface area contributed by atoms with E-state index in [0.717, 1.165) is 53.6 Å². The molecule has 0 bridgehead atoms. The van der Waals surface area contributed by atoms with Crippen molar-refractivity contribution in [2.45, 2.75) is 42.7 Å². The highest BCUT2D eigenvalue weighted by Gasteiger charge is 2.44. The zero-order chi connectivity index (χ0) is 29.1. The molecule has 4 unspecified atom stereocenters. The summed E-state index contributed by atoms with van der Waals surface area (Å²) in [6.07, 6.45) is 6.39. The minimum absolute atomic E-state index is 0.0484. The Balaban J connectivity index is 1.22. The zero-order valence-electron chi connectivity index (χ0n) is 24.2. The standard InChI is InChI=1S/C32H40N6O3S/c1-41-26-12-6-10-24-9-5-11-25(30(24)26)32-37(20-23-8-4-7-22(17-23)19-33)31(40)27(42-32)18-29(39)38-16-15-36(21-35-38)28-13-2-3-14-34-28/h2-3,5-6,9-14,22-23,27,32,35H,4,7-8,15-21,33H2,1H3. The molecule has 10 heteroatoms. The number of carbonyl (C=O) groups excluding carboxylic acids is 2. The van der Waals surface area contributed by atoms with Crippen LogP contribution in [-0.4, -0.2) is 71.9 Å². The predicted molar refractivity (Wildman–Crippen MR) is 167 cm³/mol. The minimum atomic E-state index is -0.447. The number of hydrogen-bond acceptors (Lipinski definition) is 8. The molecule has 3 aromatic rings. The van der Waals surface area contributed by atoms with Crippen LogP contribution in [0.15, 0.2) is 60.8 Å². The van der Waals surface area contributed by atoms with Crippen LogP contribution in [0.1, 0.15) is 43.0 Å². The Morgan fingerprint density at radius 3 is 2.67 bits per heavy atom. The average molecular weight is 589 g/mol. The Morgan fingerprint density at radius 2 is 1.93 bits per heavy atom. The number of thioether (sulfide) groups is 1. The number of hydrogen-bond donors (Lipinski definition) is 2. The number of ether oxygens (including phenoxy) is 1. The van der Waals surface area contributed by atoms with Gasteiger partial charge in [0.25, 0.3) is 0 Å². The highest BCUT2D eigenvalue weighted by Crippen LogP contribution is 2.48. The number of benzene rings is 2. The highest BCUT2D eigenvalue weighted by atomic mass is 32.2. The van der Waals surface area contributed by atoms with Crippen LogP contribution in [0.25, 0.3) is 10.8 Å². The normalized spacial score (nSPS) is 24.8. The number of pyridine rings is 1. The summed E-state index contributed by atoms with van der Waals surface area (Å²) in [6, 6.07) is 18.1. The SMILES string of the molecule is COc1cccc2cccc(C3SC(CC(=O)N4CCN(c5ccccn5)CN4)C(=O)N3CC3CCCC(CN)C3)c12. The van der Waals surface area contributed by atoms with Crippen LogP contribution in [0.4, 0.5) is 5.82 Å². The first-order chi connectivity index (χ1) is 20.6. The molecule has 2 amide bonds. The molecule has 42 heavy (non-hydrogen) atoms. The lowest BCUT2D eigenvalue weighted by atomic mass is 9.81. The summed E-state index contributed by atoms with van der Waals surface area (Å²) in [6.45, 7) is 3.07. The smallest absolute Gasteiger partial charge is 0.238 e. The van der Waals surface area contributed by atoms with Crippen LogP contribution >= 0.6 is 11.8 Å². The molecule has 6 rings (SSSR count). The van der Waals surface area contributed by atoms with Gasteiger partial charge in [0, 0.05) is 31.1 Å². The number of fused-ring (bicyclic) bond motifs is 1. The van der Waals surface area contributed by atoms with E-state index in [0.29, 0.717) is 44.7 Å². The van der Waals surface area contributed by atoms with Gasteiger partial charge < -0.3 is 20.3 Å². The number of amides is 2. The molecule has 0 spiro atoms. The highest BCUT2D eigenvalue weighted by molar-refractivity contribution is 8.01. The van der Waals surface area contributed by atoms with Crippen LogP contribution in [-0.2, 0) is 9.59 Å². The molecule has 3 fully saturated rings. The molecule has 3 N–H and O–H groups in total. The minimum Gasteiger partial charge on any atom is -0.496 e. The third kappa shape index (κ3) is 5.93. The van der Waals surface area contributed by atoms with E-state index in [9.17, 15) is 9.59 Å². The van der Waals surface area contributed by atoms with Gasteiger partial charge in [0.1, 0.15) is 16.9 Å². The van der Waals surface area contributed by atoms with Crippen molar-refractivity contribution in [2.24, 2.45) is 17.6 Å². The van der Waals surface area contributed by atoms with Crippen molar-refractivity contribution in [1.29, 1.82) is 0 Å². The first-order valence-corrected chi connectivity index (χ1v) is 15.9. The van der Waals surface area contributed by atoms with E-state index >= 15 is 0 Å². The molecular formula is C32H40N6O3S. The third-order valence-corrected chi connectivity index (χ3v) is 10.3. The molecule has 1 saturated carbocycles. The van der Waals surface area contributed by atoms with E-state index < -0.39 is 5.25 Å². The molecule has 4 atom stereocenters. The second kappa shape index (κ2) is 12.9. The van der Waals surface area contributed by atoms with E-state index in [1.807, 2.05) is 35.2 Å². The fourth-order valence-corrected chi connectivity index (χ4v) is 8.17. The van der Waals surface area contributed by atoms with Crippen molar-refractivity contribution in [3.8, 4) is 5.75 Å². The van der Waals surface area contributed by atoms with Crippen LogP contribution in [0, 0.1) is 11.8 Å². The van der Waals surface area contributed by atoms with Gasteiger partial charge in [-0.1, -0.05) is 42.8 Å². The number of nitrogens with one attached hydrogen (secondary N) is 1. The van der Waals surface area contributed by atoms with Gasteiger partial charge >= 0.3 is 0 Å². The van der Waals surface area contributed by atoms with E-state index in [4.69, 9.17) is 10.5 Å². The van der Waals surface area contributed by atoms with Crippen LogP contribution in [0.3, 0.4) is 0 Å². The fraction of sp³-hybridized carbons (Fsp3) is 0.469. The molecule has 3 heterocycles. The number of nitrogens with zero attached hydrogens (tertiary/aromatic N) is 4. The van der Waals surface area contributed by atoms with Gasteiger partial charge in [0.05, 0.1) is 25.6 Å². The second-order valence-electron chi connectivity index (χ2n) is 11.5. The van der Waals surface area contributed by atoms with Gasteiger partial charge in [-0.3, -0.25) is 14.6 Å². The van der Waals surface area contributed by atoms with Crippen molar-refractivity contribution in [3.05, 3.63) is 66.4 Å². The van der Waals surface area contributed by atoms with Crippen LogP contribution < -0.4 is 20.8 Å². The molecule has 2 aromatic carbocycles. The van der Waals surface area contributed by atoms with E-state index in [-0.39, 0.29) is 23.6 Å². The number of aromatic nitrogens is 1. The van der Waals surface area contributed by atoms with Gasteiger partial charge in [-0.15, -0.1) is 11.8 Å². The molecule has 9 nitrogen and oxygen atoms in total. The largest absolute Gasteiger partial charge is 0.496 e. The Labute approximate surface area is 251 Å². The van der Waals surface area contributed by atoms with Crippen LogP contribution in [0.5, 0.6) is 5.75 Å². The van der Waals surface area contributed by atoms with E-state index in [1.165, 1.54) is 0 Å². The van der Waals surface area contributed by atoms with Gasteiger partial charge in [-0.05, 0) is 66.8 Å². The van der Waals surface area contributed by atoms with Gasteiger partial charge in [0.2, 0.25) is 11.8 Å². The molecule has 0 radical (unpaired) electrons. The lowest BCUT2D eigenvalue weighted by Gasteiger charge is -2.36. The second-order valence-corrected chi connectivity index (χ2v) is 12.8. The Kier molecular flexibility index (Phi) is 8.83. The average Bonchev–Trinajstić information content (AvgIpc) is 3.34. The number of carbonyl (C=O) groups is 2. The van der Waals surface area contributed by atoms with E-state index in [2.05, 4.69) is 39.6 Å². The quantitative estimate of drug-likeness (QED) is 0.405. The summed E-state index contributed by atoms with van der Waals surface area (Å²) < 4.78 is 5.78. The number of hydrazine groups is 1. The first kappa shape index (κ1) is 28.8. The van der Waals surface area contributed by atoms with Crippen molar-refractivity contribution in [2.75, 3.05) is 44.9 Å². The van der Waals surface area contributed by atoms with Gasteiger partial charge in [-0.25, -0.2) is 10.4 Å². The number of nitrogens with two attached hydrogens (primary N) is 1. The molecule has 1 aromatic heterocycles. The van der Waals surface area contributed by atoms with Crippen molar-refractivity contribution in [3.63, 3.8) is 0 Å². The van der Waals surface area contributed by atoms with Gasteiger partial charge in [-0.2, -0.15) is 0 Å². The number of anilines is 1. The van der Waals surface area contributed by atoms with Crippen molar-refractivity contribution >= 4 is 40.2 Å². The number of rotatable bonds is 8. The van der Waals surface area contributed by atoms with Gasteiger partial charge in [0.15, 0.2) is 0 Å². The molecule has 222 valence electrons. The summed E-state index contributed by atoms with van der Waals surface area (Å²) in [5.74, 6) is 2.59. The third-order valence-electron chi connectivity index (χ3n) is 8.88. The summed E-state index contributed by atoms with van der Waals surface area (Å²) >= 11 is 1.60. The monoisotopic (exact) mass is 588 g/mol. The predicted octanol–water partition coefficient (Wildman–Crippen LogP) is 4.15. The summed E-state index contributed by atoms with van der Waals surface area (Å²) in [7, 11) is 1.69. The summed E-state index contributed by atoms with van der Waals surface area (Å²) in [4.78, 5) is 36.1. The molecule has 2 saturated heterocycles. The molecular weight excluding hydrogens is 548 g/mol. The number of methoxy groups -OCH3 is 1. The summed E-state index contributed by atoms with van der Waals surface area (Å²) in [5, 5.41) is 3.13. The van der Waals surface area contributed by atoms with Crippen molar-refractivity contribution < 1.29 is 14.3 Å². The zero-order valence-corrected chi connectivity index (χ0v) is 25.0. The van der Waals surface area contributed by atoms with Crippen molar-refractivity contribution in [1.82, 2.24) is 20.3 Å². The molecule has 1 aliphatic carbocycles. The Bertz CT molecular complexity index is 1390. The molecule has 3 aliphatic rings. The maximum atomic E-state index is 14.1. The van der Waals surface area contributed by atoms with E-state index in [1.54, 1.807) is 30.1 Å². The maximum absolute atomic E-state index is 14.1. The topological polar surface area (TPSA) is 104 Å². The van der Waals surface area contributed by atoms with Crippen LogP contribution in [0.2, 0.25) is 0 Å².